The number of carboxylic acid groups (broad SMARTS) is 1. The summed E-state index contributed by atoms with van der Waals surface area (Å²) in [5.74, 6) is -1.18. The van der Waals surface area contributed by atoms with E-state index in [1.165, 1.54) is 23.8 Å². The average molecular weight is 538 g/mol. The molecule has 1 aromatic carbocycles. The summed E-state index contributed by atoms with van der Waals surface area (Å²) in [7, 11) is 2.87. The predicted octanol–water partition coefficient (Wildman–Crippen LogP) is 3.57. The van der Waals surface area contributed by atoms with E-state index in [4.69, 9.17) is 26.9 Å². The largest absolute Gasteiger partial charge is 0.497 e. The van der Waals surface area contributed by atoms with Gasteiger partial charge in [0, 0.05) is 19.9 Å². The molecule has 0 unspecified atom stereocenters. The third kappa shape index (κ3) is 8.16. The van der Waals surface area contributed by atoms with Gasteiger partial charge in [0.05, 0.1) is 24.8 Å². The van der Waals surface area contributed by atoms with Crippen molar-refractivity contribution in [3.8, 4) is 5.75 Å². The van der Waals surface area contributed by atoms with E-state index in [-0.39, 0.29) is 24.8 Å². The summed E-state index contributed by atoms with van der Waals surface area (Å²) < 4.78 is 10.2. The lowest BCUT2D eigenvalue weighted by molar-refractivity contribution is -0.134. The summed E-state index contributed by atoms with van der Waals surface area (Å²) >= 11 is 7.54. The molecule has 186 valence electrons. The summed E-state index contributed by atoms with van der Waals surface area (Å²) in [4.78, 5) is 52.1. The third-order valence-corrected chi connectivity index (χ3v) is 6.69. The Morgan fingerprint density at radius 3 is 2.43 bits per heavy atom. The van der Waals surface area contributed by atoms with Crippen LogP contribution < -0.4 is 10.1 Å². The van der Waals surface area contributed by atoms with Gasteiger partial charge < -0.3 is 19.9 Å². The molecule has 1 aromatic heterocycles. The summed E-state index contributed by atoms with van der Waals surface area (Å²) in [5, 5.41) is 10.4. The van der Waals surface area contributed by atoms with Crippen molar-refractivity contribution in [2.24, 2.45) is 0 Å². The molecule has 2 amide bonds. The highest BCUT2D eigenvalue weighted by atomic mass is 32.2. The third-order valence-electron chi connectivity index (χ3n) is 4.26. The number of aryl methyl sites for hydroxylation is 1. The second kappa shape index (κ2) is 13.0. The van der Waals surface area contributed by atoms with Crippen LogP contribution in [0, 0.1) is 6.92 Å². The van der Waals surface area contributed by atoms with Crippen LogP contribution in [-0.2, 0) is 19.1 Å². The Morgan fingerprint density at radius 2 is 1.86 bits per heavy atom. The fraction of sp³-hybridized carbons (Fsp3) is 0.273. The van der Waals surface area contributed by atoms with Gasteiger partial charge in [0.1, 0.15) is 14.9 Å². The number of carbonyl (C=O) groups excluding carboxylic acids is 3. The van der Waals surface area contributed by atoms with Crippen molar-refractivity contribution in [3.05, 3.63) is 45.3 Å². The first kappa shape index (κ1) is 28.0. The standard InChI is InChI=1S/C20H19N3O5S3.C2H4O2/c1-11-16(18(26)28-3)31-19(21-11)22-15(24)8-9-23-17(25)14(30-20(23)29)10-12-4-6-13(27-2)7-5-12;1-2(3)4/h4-7,10H,8-9H2,1-3H3,(H,21,22,24);1H3,(H,3,4)/b14-10+;. The number of aliphatic carboxylic acids is 1. The maximum atomic E-state index is 12.7. The number of rotatable bonds is 7. The van der Waals surface area contributed by atoms with E-state index in [1.807, 2.05) is 24.3 Å². The van der Waals surface area contributed by atoms with Crippen molar-refractivity contribution in [2.45, 2.75) is 20.3 Å². The molecule has 3 rings (SSSR count). The van der Waals surface area contributed by atoms with Gasteiger partial charge in [-0.3, -0.25) is 19.3 Å². The van der Waals surface area contributed by atoms with Gasteiger partial charge >= 0.3 is 5.97 Å². The fourth-order valence-corrected chi connectivity index (χ4v) is 4.88. The van der Waals surface area contributed by atoms with E-state index in [0.717, 1.165) is 29.6 Å². The van der Waals surface area contributed by atoms with Crippen molar-refractivity contribution < 1.29 is 33.8 Å². The zero-order chi connectivity index (χ0) is 26.1. The molecule has 35 heavy (non-hydrogen) atoms. The molecular weight excluding hydrogens is 514 g/mol. The molecule has 10 nitrogen and oxygen atoms in total. The number of hydrogen-bond acceptors (Lipinski definition) is 10. The van der Waals surface area contributed by atoms with Crippen LogP contribution in [0.15, 0.2) is 29.2 Å². The number of thiocarbonyl (C=S) groups is 1. The van der Waals surface area contributed by atoms with E-state index in [9.17, 15) is 14.4 Å². The first-order valence-electron chi connectivity index (χ1n) is 10.00. The number of carboxylic acids is 1. The Bertz CT molecular complexity index is 1160. The maximum absolute atomic E-state index is 12.7. The Hall–Kier alpha value is -3.29. The van der Waals surface area contributed by atoms with E-state index >= 15 is 0 Å². The van der Waals surface area contributed by atoms with Gasteiger partial charge in [0.2, 0.25) is 5.91 Å². The molecule has 0 aliphatic carbocycles. The first-order valence-corrected chi connectivity index (χ1v) is 12.0. The highest BCUT2D eigenvalue weighted by Crippen LogP contribution is 2.33. The van der Waals surface area contributed by atoms with Gasteiger partial charge in [0.15, 0.2) is 5.13 Å². The minimum absolute atomic E-state index is 0.0362. The van der Waals surface area contributed by atoms with Gasteiger partial charge in [-0.05, 0) is 30.7 Å². The number of esters is 1. The zero-order valence-electron chi connectivity index (χ0n) is 19.3. The Morgan fingerprint density at radius 1 is 1.23 bits per heavy atom. The van der Waals surface area contributed by atoms with Crippen molar-refractivity contribution in [3.63, 3.8) is 0 Å². The molecule has 0 atom stereocenters. The number of thioether (sulfide) groups is 1. The highest BCUT2D eigenvalue weighted by molar-refractivity contribution is 8.26. The van der Waals surface area contributed by atoms with E-state index < -0.39 is 11.9 Å². The Balaban J connectivity index is 0.00000100. The van der Waals surface area contributed by atoms with Crippen LogP contribution in [0.1, 0.15) is 34.3 Å². The Labute approximate surface area is 215 Å². The van der Waals surface area contributed by atoms with E-state index in [1.54, 1.807) is 20.1 Å². The van der Waals surface area contributed by atoms with Crippen LogP contribution in [0.25, 0.3) is 6.08 Å². The number of hydrogen-bond donors (Lipinski definition) is 2. The first-order chi connectivity index (χ1) is 16.5. The summed E-state index contributed by atoms with van der Waals surface area (Å²) in [6, 6.07) is 7.31. The molecule has 0 bridgehead atoms. The number of carbonyl (C=O) groups is 4. The molecule has 1 saturated heterocycles. The number of nitrogens with one attached hydrogen (secondary N) is 1. The van der Waals surface area contributed by atoms with Crippen molar-refractivity contribution in [2.75, 3.05) is 26.1 Å². The monoisotopic (exact) mass is 537 g/mol. The lowest BCUT2D eigenvalue weighted by Gasteiger charge is -2.13. The molecule has 2 aromatic rings. The average Bonchev–Trinajstić information content (AvgIpc) is 3.30. The maximum Gasteiger partial charge on any atom is 0.350 e. The molecular formula is C22H23N3O7S3. The number of aromatic nitrogens is 1. The van der Waals surface area contributed by atoms with Gasteiger partial charge in [-0.15, -0.1) is 0 Å². The number of thiazole rings is 1. The molecule has 1 aliphatic rings. The molecule has 13 heteroatoms. The second-order valence-corrected chi connectivity index (χ2v) is 9.52. The summed E-state index contributed by atoms with van der Waals surface area (Å²) in [6.45, 7) is 2.89. The highest BCUT2D eigenvalue weighted by Gasteiger charge is 2.32. The molecule has 0 saturated carbocycles. The molecule has 1 fully saturated rings. The van der Waals surface area contributed by atoms with Gasteiger partial charge in [-0.2, -0.15) is 0 Å². The summed E-state index contributed by atoms with van der Waals surface area (Å²) in [6.07, 6.45) is 1.79. The number of nitrogens with zero attached hydrogens (tertiary/aromatic N) is 2. The minimum Gasteiger partial charge on any atom is -0.497 e. The molecule has 2 N–H and O–H groups in total. The molecule has 0 spiro atoms. The number of amides is 2. The van der Waals surface area contributed by atoms with Crippen LogP contribution >= 0.6 is 35.3 Å². The van der Waals surface area contributed by atoms with Gasteiger partial charge in [-0.25, -0.2) is 9.78 Å². The molecule has 2 heterocycles. The zero-order valence-corrected chi connectivity index (χ0v) is 21.8. The topological polar surface area (TPSA) is 135 Å². The van der Waals surface area contributed by atoms with Crippen molar-refractivity contribution in [1.29, 1.82) is 0 Å². The SMILES string of the molecule is CC(=O)O.COC(=O)c1sc(NC(=O)CCN2C(=O)/C(=C\c3ccc(OC)cc3)SC2=S)nc1C. The Kier molecular flexibility index (Phi) is 10.4. The van der Waals surface area contributed by atoms with Crippen LogP contribution in [0.5, 0.6) is 5.75 Å². The van der Waals surface area contributed by atoms with E-state index in [0.29, 0.717) is 24.9 Å². The number of methoxy groups -OCH3 is 2. The minimum atomic E-state index is -0.833. The van der Waals surface area contributed by atoms with Gasteiger partial charge in [-0.1, -0.05) is 47.4 Å². The smallest absolute Gasteiger partial charge is 0.350 e. The van der Waals surface area contributed by atoms with Crippen LogP contribution in [0.4, 0.5) is 5.13 Å². The van der Waals surface area contributed by atoms with Crippen molar-refractivity contribution >= 4 is 74.6 Å². The fourth-order valence-electron chi connectivity index (χ4n) is 2.67. The number of benzene rings is 1. The predicted molar refractivity (Wildman–Crippen MR) is 138 cm³/mol. The lowest BCUT2D eigenvalue weighted by Crippen LogP contribution is -2.31. The van der Waals surface area contributed by atoms with Crippen LogP contribution in [0.2, 0.25) is 0 Å². The van der Waals surface area contributed by atoms with Crippen LogP contribution in [0.3, 0.4) is 0 Å². The quantitative estimate of drug-likeness (QED) is 0.307. The second-order valence-electron chi connectivity index (χ2n) is 6.85. The van der Waals surface area contributed by atoms with Crippen molar-refractivity contribution in [1.82, 2.24) is 9.88 Å². The van der Waals surface area contributed by atoms with Crippen LogP contribution in [-0.4, -0.2) is 63.8 Å². The molecule has 1 aliphatic heterocycles. The summed E-state index contributed by atoms with van der Waals surface area (Å²) in [5.41, 5.74) is 1.33. The van der Waals surface area contributed by atoms with Gasteiger partial charge in [0.25, 0.3) is 11.9 Å². The number of anilines is 1. The van der Waals surface area contributed by atoms with E-state index in [2.05, 4.69) is 15.0 Å². The molecule has 0 radical (unpaired) electrons. The lowest BCUT2D eigenvalue weighted by atomic mass is 10.2. The normalized spacial score (nSPS) is 13.8. The number of ether oxygens (including phenoxy) is 2.